The van der Waals surface area contributed by atoms with Crippen molar-refractivity contribution in [1.29, 1.82) is 0 Å². The summed E-state index contributed by atoms with van der Waals surface area (Å²) in [6, 6.07) is 9.29. The van der Waals surface area contributed by atoms with E-state index in [1.165, 1.54) is 6.92 Å². The average molecular weight is 356 g/mol. The monoisotopic (exact) mass is 356 g/mol. The molecule has 1 fully saturated rings. The van der Waals surface area contributed by atoms with Crippen molar-refractivity contribution in [2.45, 2.75) is 6.92 Å². The summed E-state index contributed by atoms with van der Waals surface area (Å²) in [4.78, 5) is 23.9. The SMILES string of the molecule is CC(=O)Nc1ccc(NC(=S)N2CCN(c3ncccn3)CC2)cc1. The molecule has 1 saturated heterocycles. The third-order valence-electron chi connectivity index (χ3n) is 3.86. The fourth-order valence-corrected chi connectivity index (χ4v) is 2.91. The summed E-state index contributed by atoms with van der Waals surface area (Å²) in [5.74, 6) is 0.672. The minimum absolute atomic E-state index is 0.0866. The molecule has 130 valence electrons. The van der Waals surface area contributed by atoms with E-state index in [-0.39, 0.29) is 5.91 Å². The molecule has 2 N–H and O–H groups in total. The van der Waals surface area contributed by atoms with Crippen LogP contribution in [-0.2, 0) is 4.79 Å². The van der Waals surface area contributed by atoms with E-state index in [0.29, 0.717) is 5.11 Å². The molecule has 25 heavy (non-hydrogen) atoms. The number of nitrogens with one attached hydrogen (secondary N) is 2. The second-order valence-electron chi connectivity index (χ2n) is 5.71. The van der Waals surface area contributed by atoms with Crippen molar-refractivity contribution < 1.29 is 4.79 Å². The molecule has 1 aliphatic heterocycles. The molecule has 1 aromatic heterocycles. The second-order valence-corrected chi connectivity index (χ2v) is 6.10. The number of anilines is 3. The Kier molecular flexibility index (Phi) is 5.39. The number of thiocarbonyl (C=S) groups is 1. The van der Waals surface area contributed by atoms with Gasteiger partial charge in [0.1, 0.15) is 0 Å². The van der Waals surface area contributed by atoms with Gasteiger partial charge in [0.25, 0.3) is 0 Å². The van der Waals surface area contributed by atoms with Gasteiger partial charge < -0.3 is 20.4 Å². The third kappa shape index (κ3) is 4.63. The minimum Gasteiger partial charge on any atom is -0.345 e. The number of nitrogens with zero attached hydrogens (tertiary/aromatic N) is 4. The van der Waals surface area contributed by atoms with E-state index in [2.05, 4.69) is 30.4 Å². The fourth-order valence-electron chi connectivity index (χ4n) is 2.61. The summed E-state index contributed by atoms with van der Waals surface area (Å²) in [7, 11) is 0. The largest absolute Gasteiger partial charge is 0.345 e. The average Bonchev–Trinajstić information content (AvgIpc) is 2.64. The van der Waals surface area contributed by atoms with Gasteiger partial charge in [-0.15, -0.1) is 0 Å². The molecule has 0 unspecified atom stereocenters. The lowest BCUT2D eigenvalue weighted by Crippen LogP contribution is -2.50. The van der Waals surface area contributed by atoms with E-state index in [1.807, 2.05) is 30.3 Å². The van der Waals surface area contributed by atoms with Crippen LogP contribution >= 0.6 is 12.2 Å². The van der Waals surface area contributed by atoms with Crippen LogP contribution < -0.4 is 15.5 Å². The first-order chi connectivity index (χ1) is 12.1. The van der Waals surface area contributed by atoms with E-state index in [1.54, 1.807) is 12.4 Å². The van der Waals surface area contributed by atoms with Crippen molar-refractivity contribution in [3.05, 3.63) is 42.7 Å². The summed E-state index contributed by atoms with van der Waals surface area (Å²) in [6.45, 7) is 4.77. The molecule has 1 amide bonds. The first-order valence-corrected chi connectivity index (χ1v) is 8.48. The van der Waals surface area contributed by atoms with E-state index in [4.69, 9.17) is 12.2 Å². The molecule has 0 spiro atoms. The number of carbonyl (C=O) groups is 1. The number of carbonyl (C=O) groups excluding carboxylic acids is 1. The highest BCUT2D eigenvalue weighted by molar-refractivity contribution is 7.80. The van der Waals surface area contributed by atoms with E-state index in [0.717, 1.165) is 43.5 Å². The van der Waals surface area contributed by atoms with Crippen LogP contribution in [0.2, 0.25) is 0 Å². The van der Waals surface area contributed by atoms with Gasteiger partial charge in [-0.3, -0.25) is 4.79 Å². The zero-order chi connectivity index (χ0) is 17.6. The van der Waals surface area contributed by atoms with Crippen molar-refractivity contribution in [2.24, 2.45) is 0 Å². The molecule has 0 saturated carbocycles. The van der Waals surface area contributed by atoms with Crippen LogP contribution in [0.15, 0.2) is 42.7 Å². The Bertz CT molecular complexity index is 729. The Balaban J connectivity index is 1.52. The molecule has 0 radical (unpaired) electrons. The van der Waals surface area contributed by atoms with Crippen molar-refractivity contribution in [3.63, 3.8) is 0 Å². The first kappa shape index (κ1) is 17.1. The lowest BCUT2D eigenvalue weighted by atomic mass is 10.2. The van der Waals surface area contributed by atoms with Gasteiger partial charge in [0.2, 0.25) is 11.9 Å². The molecular formula is C17H20N6OS. The standard InChI is InChI=1S/C17H20N6OS/c1-13(24)20-14-3-5-15(6-4-14)21-17(25)23-11-9-22(10-12-23)16-18-7-2-8-19-16/h2-8H,9-12H2,1H3,(H,20,24)(H,21,25). The summed E-state index contributed by atoms with van der Waals surface area (Å²) < 4.78 is 0. The van der Waals surface area contributed by atoms with Gasteiger partial charge in [-0.2, -0.15) is 0 Å². The molecule has 2 aromatic rings. The Morgan fingerprint density at radius 3 is 2.12 bits per heavy atom. The topological polar surface area (TPSA) is 73.4 Å². The molecule has 1 aromatic carbocycles. The van der Waals surface area contributed by atoms with E-state index >= 15 is 0 Å². The van der Waals surface area contributed by atoms with Gasteiger partial charge in [0.05, 0.1) is 0 Å². The summed E-state index contributed by atoms with van der Waals surface area (Å²) in [6.07, 6.45) is 3.51. The fraction of sp³-hybridized carbons (Fsp3) is 0.294. The van der Waals surface area contributed by atoms with Gasteiger partial charge in [0, 0.05) is 56.9 Å². The Labute approximate surface area is 152 Å². The summed E-state index contributed by atoms with van der Waals surface area (Å²) in [5.41, 5.74) is 1.66. The molecule has 0 bridgehead atoms. The highest BCUT2D eigenvalue weighted by Gasteiger charge is 2.20. The van der Waals surface area contributed by atoms with Crippen LogP contribution in [0.5, 0.6) is 0 Å². The number of amides is 1. The van der Waals surface area contributed by atoms with Crippen LogP contribution in [-0.4, -0.2) is 52.1 Å². The lowest BCUT2D eigenvalue weighted by molar-refractivity contribution is -0.114. The molecule has 3 rings (SSSR count). The van der Waals surface area contributed by atoms with Gasteiger partial charge in [-0.1, -0.05) is 0 Å². The summed E-state index contributed by atoms with van der Waals surface area (Å²) in [5, 5.41) is 6.68. The molecular weight excluding hydrogens is 336 g/mol. The number of rotatable bonds is 3. The van der Waals surface area contributed by atoms with Crippen LogP contribution in [0.25, 0.3) is 0 Å². The molecule has 2 heterocycles. The van der Waals surface area contributed by atoms with Crippen LogP contribution in [0.4, 0.5) is 17.3 Å². The smallest absolute Gasteiger partial charge is 0.225 e. The minimum atomic E-state index is -0.0866. The zero-order valence-electron chi connectivity index (χ0n) is 14.0. The van der Waals surface area contributed by atoms with Crippen molar-refractivity contribution in [3.8, 4) is 0 Å². The number of piperazine rings is 1. The normalized spacial score (nSPS) is 14.1. The quantitative estimate of drug-likeness (QED) is 0.815. The lowest BCUT2D eigenvalue weighted by Gasteiger charge is -2.36. The highest BCUT2D eigenvalue weighted by atomic mass is 32.1. The first-order valence-electron chi connectivity index (χ1n) is 8.07. The van der Waals surface area contributed by atoms with Crippen LogP contribution in [0.1, 0.15) is 6.92 Å². The van der Waals surface area contributed by atoms with Crippen molar-refractivity contribution in [2.75, 3.05) is 41.7 Å². The van der Waals surface area contributed by atoms with Crippen molar-refractivity contribution >= 4 is 40.6 Å². The molecule has 7 nitrogen and oxygen atoms in total. The molecule has 1 aliphatic rings. The molecule has 8 heteroatoms. The van der Waals surface area contributed by atoms with Crippen LogP contribution in [0.3, 0.4) is 0 Å². The van der Waals surface area contributed by atoms with E-state index in [9.17, 15) is 4.79 Å². The zero-order valence-corrected chi connectivity index (χ0v) is 14.8. The van der Waals surface area contributed by atoms with Crippen molar-refractivity contribution in [1.82, 2.24) is 14.9 Å². The maximum absolute atomic E-state index is 11.0. The third-order valence-corrected chi connectivity index (χ3v) is 4.22. The Hall–Kier alpha value is -2.74. The summed E-state index contributed by atoms with van der Waals surface area (Å²) >= 11 is 5.51. The highest BCUT2D eigenvalue weighted by Crippen LogP contribution is 2.15. The van der Waals surface area contributed by atoms with Gasteiger partial charge in [0.15, 0.2) is 5.11 Å². The van der Waals surface area contributed by atoms with Gasteiger partial charge in [-0.25, -0.2) is 9.97 Å². The number of hydrogen-bond donors (Lipinski definition) is 2. The predicted octanol–water partition coefficient (Wildman–Crippen LogP) is 1.95. The maximum atomic E-state index is 11.0. The number of hydrogen-bond acceptors (Lipinski definition) is 5. The predicted molar refractivity (Wildman–Crippen MR) is 103 cm³/mol. The van der Waals surface area contributed by atoms with Gasteiger partial charge in [-0.05, 0) is 42.5 Å². The number of aromatic nitrogens is 2. The maximum Gasteiger partial charge on any atom is 0.225 e. The Morgan fingerprint density at radius 1 is 1.00 bits per heavy atom. The molecule has 0 aliphatic carbocycles. The molecule has 0 atom stereocenters. The van der Waals surface area contributed by atoms with Crippen LogP contribution in [0, 0.1) is 0 Å². The number of benzene rings is 1. The Morgan fingerprint density at radius 2 is 1.56 bits per heavy atom. The van der Waals surface area contributed by atoms with E-state index < -0.39 is 0 Å². The van der Waals surface area contributed by atoms with Gasteiger partial charge >= 0.3 is 0 Å². The second kappa shape index (κ2) is 7.89.